The maximum Gasteiger partial charge on any atom is 0.145 e. The Kier molecular flexibility index (Phi) is 15.8. The zero-order valence-corrected chi connectivity index (χ0v) is 27.6. The summed E-state index contributed by atoms with van der Waals surface area (Å²) in [4.78, 5) is 11.8. The van der Waals surface area contributed by atoms with Crippen LogP contribution in [0, 0.1) is 23.2 Å². The lowest BCUT2D eigenvalue weighted by atomic mass is 9.52. The maximum atomic E-state index is 12.1. The average molecular weight is 601 g/mol. The zero-order chi connectivity index (χ0) is 32.0. The van der Waals surface area contributed by atoms with Gasteiger partial charge in [-0.3, -0.25) is 4.79 Å². The Labute approximate surface area is 261 Å². The molecule has 2 aliphatic carbocycles. The molecule has 0 aliphatic heterocycles. The van der Waals surface area contributed by atoms with Crippen molar-refractivity contribution < 1.29 is 30.0 Å². The Bertz CT molecular complexity index is 1020. The van der Waals surface area contributed by atoms with Gasteiger partial charge < -0.3 is 25.2 Å². The van der Waals surface area contributed by atoms with Gasteiger partial charge in [-0.05, 0) is 108 Å². The normalized spacial score (nSPS) is 29.7. The van der Waals surface area contributed by atoms with Gasteiger partial charge in [0.15, 0.2) is 0 Å². The van der Waals surface area contributed by atoms with Gasteiger partial charge in [-0.15, -0.1) is 0 Å². The standard InChI is InChI=1S/C37H60O6/c1-27(2)11-7-12-28(3)13-8-14-29(4)15-9-16-31(26-43-24-23-39)33-19-21-37(35(33)41)34(17-10-22-38)32(30(5)25-40)18-20-36(37,6)42/h9,13,15-16,25,27,33-35,38-39,41-42H,4,7-8,10-12,14,17-24,26H2,1-3,5-6H3/b15-9+,28-13+,31-16-,32-30-/t33-,34-,35+,36+,37+/m0/s1. The highest BCUT2D eigenvalue weighted by molar-refractivity contribution is 5.74. The van der Waals surface area contributed by atoms with Crippen LogP contribution in [0.2, 0.25) is 0 Å². The van der Waals surface area contributed by atoms with Gasteiger partial charge in [-0.1, -0.05) is 67.9 Å². The second kappa shape index (κ2) is 18.2. The summed E-state index contributed by atoms with van der Waals surface area (Å²) in [5.41, 5.74) is 3.07. The van der Waals surface area contributed by atoms with E-state index in [1.165, 1.54) is 18.4 Å². The van der Waals surface area contributed by atoms with Crippen LogP contribution in [0.4, 0.5) is 0 Å². The number of carbonyl (C=O) groups excluding carboxylic acids is 1. The molecule has 0 unspecified atom stereocenters. The van der Waals surface area contributed by atoms with E-state index in [9.17, 15) is 25.2 Å². The third-order valence-corrected chi connectivity index (χ3v) is 9.97. The van der Waals surface area contributed by atoms with E-state index in [-0.39, 0.29) is 38.3 Å². The molecule has 0 amide bonds. The van der Waals surface area contributed by atoms with Gasteiger partial charge in [0.1, 0.15) is 6.29 Å². The van der Waals surface area contributed by atoms with E-state index in [4.69, 9.17) is 4.74 Å². The maximum absolute atomic E-state index is 12.1. The fourth-order valence-electron chi connectivity index (χ4n) is 7.48. The van der Waals surface area contributed by atoms with Crippen molar-refractivity contribution in [1.82, 2.24) is 0 Å². The van der Waals surface area contributed by atoms with E-state index in [1.54, 1.807) is 0 Å². The smallest absolute Gasteiger partial charge is 0.145 e. The molecule has 244 valence electrons. The van der Waals surface area contributed by atoms with Gasteiger partial charge in [0, 0.05) is 17.9 Å². The highest BCUT2D eigenvalue weighted by atomic mass is 16.5. The van der Waals surface area contributed by atoms with Gasteiger partial charge in [0.05, 0.1) is 31.5 Å². The number of carbonyl (C=O) groups is 1. The minimum Gasteiger partial charge on any atom is -0.396 e. The SMILES string of the molecule is C=C(/C=C/C=C(/COCCO)[C@@H]1CC[C@]2([C@@H]1O)[C@@H](CCCO)/C(=C(/C)C=O)CC[C@@]2(C)O)CC/C=C(\C)CCCC(C)C. The number of aliphatic hydroxyl groups is 4. The highest BCUT2D eigenvalue weighted by Crippen LogP contribution is 2.62. The first kappa shape index (κ1) is 37.4. The van der Waals surface area contributed by atoms with Crippen LogP contribution >= 0.6 is 0 Å². The van der Waals surface area contributed by atoms with Gasteiger partial charge >= 0.3 is 0 Å². The molecule has 43 heavy (non-hydrogen) atoms. The minimum absolute atomic E-state index is 0.0178. The van der Waals surface area contributed by atoms with E-state index in [2.05, 4.69) is 33.4 Å². The molecular formula is C37H60O6. The topological polar surface area (TPSA) is 107 Å². The molecule has 1 spiro atoms. The van der Waals surface area contributed by atoms with Gasteiger partial charge in [0.25, 0.3) is 0 Å². The van der Waals surface area contributed by atoms with E-state index in [0.29, 0.717) is 44.1 Å². The second-order valence-electron chi connectivity index (χ2n) is 13.6. The van der Waals surface area contributed by atoms with Crippen molar-refractivity contribution in [1.29, 1.82) is 0 Å². The van der Waals surface area contributed by atoms with Crippen LogP contribution < -0.4 is 0 Å². The molecular weight excluding hydrogens is 540 g/mol. The van der Waals surface area contributed by atoms with Crippen molar-refractivity contribution in [2.24, 2.45) is 23.2 Å². The lowest BCUT2D eigenvalue weighted by Gasteiger charge is -2.55. The lowest BCUT2D eigenvalue weighted by Crippen LogP contribution is -2.59. The number of hydrogen-bond donors (Lipinski definition) is 4. The van der Waals surface area contributed by atoms with Crippen molar-refractivity contribution in [3.8, 4) is 0 Å². The van der Waals surface area contributed by atoms with Crippen LogP contribution in [0.15, 0.2) is 58.7 Å². The predicted molar refractivity (Wildman–Crippen MR) is 176 cm³/mol. The first-order valence-electron chi connectivity index (χ1n) is 16.5. The Morgan fingerprint density at radius 3 is 2.53 bits per heavy atom. The molecule has 0 bridgehead atoms. The average Bonchev–Trinajstić information content (AvgIpc) is 3.30. The van der Waals surface area contributed by atoms with Crippen LogP contribution in [-0.2, 0) is 9.53 Å². The molecule has 0 aromatic carbocycles. The molecule has 2 fully saturated rings. The molecule has 6 nitrogen and oxygen atoms in total. The molecule has 0 aromatic heterocycles. The van der Waals surface area contributed by atoms with Crippen molar-refractivity contribution in [3.63, 3.8) is 0 Å². The van der Waals surface area contributed by atoms with E-state index in [0.717, 1.165) is 48.2 Å². The Hall–Kier alpha value is -1.83. The van der Waals surface area contributed by atoms with Crippen molar-refractivity contribution in [3.05, 3.63) is 58.7 Å². The predicted octanol–water partition coefficient (Wildman–Crippen LogP) is 6.79. The monoisotopic (exact) mass is 600 g/mol. The quantitative estimate of drug-likeness (QED) is 0.0454. The summed E-state index contributed by atoms with van der Waals surface area (Å²) >= 11 is 0. The summed E-state index contributed by atoms with van der Waals surface area (Å²) in [6.07, 6.45) is 17.3. The number of aliphatic hydroxyl groups excluding tert-OH is 3. The first-order chi connectivity index (χ1) is 20.4. The highest BCUT2D eigenvalue weighted by Gasteiger charge is 2.63. The summed E-state index contributed by atoms with van der Waals surface area (Å²) < 4.78 is 5.75. The summed E-state index contributed by atoms with van der Waals surface area (Å²) in [5.74, 6) is 0.294. The van der Waals surface area contributed by atoms with Crippen LogP contribution in [0.3, 0.4) is 0 Å². The first-order valence-corrected chi connectivity index (χ1v) is 16.5. The number of allylic oxidation sites excluding steroid dienone is 8. The second-order valence-corrected chi connectivity index (χ2v) is 13.6. The number of ether oxygens (including phenoxy) is 1. The molecule has 5 atom stereocenters. The lowest BCUT2D eigenvalue weighted by molar-refractivity contribution is -0.167. The van der Waals surface area contributed by atoms with E-state index >= 15 is 0 Å². The molecule has 2 saturated carbocycles. The molecule has 2 aliphatic rings. The van der Waals surface area contributed by atoms with E-state index in [1.807, 2.05) is 32.1 Å². The molecule has 6 heteroatoms. The summed E-state index contributed by atoms with van der Waals surface area (Å²) in [6, 6.07) is 0. The molecule has 0 radical (unpaired) electrons. The van der Waals surface area contributed by atoms with Crippen molar-refractivity contribution in [2.45, 2.75) is 117 Å². The third kappa shape index (κ3) is 10.1. The Morgan fingerprint density at radius 1 is 1.14 bits per heavy atom. The fraction of sp³-hybridized carbons (Fsp3) is 0.703. The zero-order valence-electron chi connectivity index (χ0n) is 27.6. The third-order valence-electron chi connectivity index (χ3n) is 9.97. The van der Waals surface area contributed by atoms with Crippen LogP contribution in [-0.4, -0.2) is 64.8 Å². The fourth-order valence-corrected chi connectivity index (χ4v) is 7.48. The Balaban J connectivity index is 2.26. The minimum atomic E-state index is -1.13. The van der Waals surface area contributed by atoms with Crippen LogP contribution in [0.1, 0.15) is 105 Å². The largest absolute Gasteiger partial charge is 0.396 e. The molecule has 0 saturated heterocycles. The summed E-state index contributed by atoms with van der Waals surface area (Å²) in [7, 11) is 0. The van der Waals surface area contributed by atoms with Gasteiger partial charge in [-0.25, -0.2) is 0 Å². The summed E-state index contributed by atoms with van der Waals surface area (Å²) in [5, 5.41) is 42.9. The van der Waals surface area contributed by atoms with E-state index < -0.39 is 17.1 Å². The van der Waals surface area contributed by atoms with Crippen molar-refractivity contribution in [2.75, 3.05) is 26.4 Å². The number of rotatable bonds is 18. The molecule has 2 rings (SSSR count). The van der Waals surface area contributed by atoms with Gasteiger partial charge in [0.2, 0.25) is 0 Å². The number of hydrogen-bond acceptors (Lipinski definition) is 6. The number of aldehydes is 1. The summed E-state index contributed by atoms with van der Waals surface area (Å²) in [6.45, 7) is 15.0. The van der Waals surface area contributed by atoms with Crippen LogP contribution in [0.25, 0.3) is 0 Å². The Morgan fingerprint density at radius 2 is 1.88 bits per heavy atom. The molecule has 4 N–H and O–H groups in total. The van der Waals surface area contributed by atoms with Gasteiger partial charge in [-0.2, -0.15) is 0 Å². The van der Waals surface area contributed by atoms with Crippen molar-refractivity contribution >= 4 is 6.29 Å². The van der Waals surface area contributed by atoms with Crippen LogP contribution in [0.5, 0.6) is 0 Å². The molecule has 0 aromatic rings. The molecule has 0 heterocycles.